The first-order valence-electron chi connectivity index (χ1n) is 8.99. The summed E-state index contributed by atoms with van der Waals surface area (Å²) in [6, 6.07) is 10.3. The number of aliphatic hydroxyl groups is 1. The van der Waals surface area contributed by atoms with Crippen LogP contribution in [0.2, 0.25) is 0 Å². The molecule has 156 valence electrons. The second-order valence-corrected chi connectivity index (χ2v) is 6.83. The van der Waals surface area contributed by atoms with E-state index in [4.69, 9.17) is 8.83 Å². The average Bonchev–Trinajstić information content (AvgIpc) is 3.26. The zero-order valence-corrected chi connectivity index (χ0v) is 15.8. The minimum Gasteiger partial charge on any atom is -0.463 e. The number of carbonyl (C=O) groups is 1. The highest BCUT2D eigenvalue weighted by atomic mass is 19.4. The summed E-state index contributed by atoms with van der Waals surface area (Å²) in [6.45, 7) is 2.74. The molecule has 29 heavy (non-hydrogen) atoms. The summed E-state index contributed by atoms with van der Waals surface area (Å²) >= 11 is 0. The predicted molar refractivity (Wildman–Crippen MR) is 99.2 cm³/mol. The third-order valence-corrected chi connectivity index (χ3v) is 4.61. The number of para-hydroxylation sites is 1. The molecular formula is C20H21F3N2O4. The lowest BCUT2D eigenvalue weighted by Gasteiger charge is -2.28. The zero-order valence-electron chi connectivity index (χ0n) is 15.8. The van der Waals surface area contributed by atoms with Gasteiger partial charge in [-0.25, -0.2) is 4.79 Å². The maximum absolute atomic E-state index is 13.4. The number of amides is 2. The Balaban J connectivity index is 1.59. The van der Waals surface area contributed by atoms with Gasteiger partial charge in [0.25, 0.3) is 0 Å². The highest BCUT2D eigenvalue weighted by Crippen LogP contribution is 2.42. The normalized spacial score (nSPS) is 15.1. The molecule has 0 spiro atoms. The SMILES string of the molecule is Cc1ccc([C@](O)(CCNC(=O)N[C@H](C)c2cc3ccccc3o2)C(F)(F)F)o1. The predicted octanol–water partition coefficient (Wildman–Crippen LogP) is 4.53. The first-order valence-corrected chi connectivity index (χ1v) is 8.99. The Bertz CT molecular complexity index is 962. The van der Waals surface area contributed by atoms with Gasteiger partial charge in [0.15, 0.2) is 0 Å². The highest BCUT2D eigenvalue weighted by Gasteiger charge is 2.56. The number of urea groups is 1. The summed E-state index contributed by atoms with van der Waals surface area (Å²) < 4.78 is 50.8. The third-order valence-electron chi connectivity index (χ3n) is 4.61. The monoisotopic (exact) mass is 410 g/mol. The minimum absolute atomic E-state index is 0.244. The average molecular weight is 410 g/mol. The molecule has 0 aliphatic rings. The van der Waals surface area contributed by atoms with Crippen molar-refractivity contribution in [3.63, 3.8) is 0 Å². The van der Waals surface area contributed by atoms with Crippen molar-refractivity contribution in [3.05, 3.63) is 59.7 Å². The van der Waals surface area contributed by atoms with Gasteiger partial charge in [-0.3, -0.25) is 0 Å². The molecule has 0 saturated heterocycles. The van der Waals surface area contributed by atoms with E-state index in [1.54, 1.807) is 19.1 Å². The number of alkyl halides is 3. The lowest BCUT2D eigenvalue weighted by Crippen LogP contribution is -2.46. The quantitative estimate of drug-likeness (QED) is 0.557. The number of hydrogen-bond donors (Lipinski definition) is 3. The second-order valence-electron chi connectivity index (χ2n) is 6.83. The Morgan fingerprint density at radius 2 is 1.90 bits per heavy atom. The van der Waals surface area contributed by atoms with Crippen molar-refractivity contribution in [3.8, 4) is 0 Å². The molecule has 3 N–H and O–H groups in total. The smallest absolute Gasteiger partial charge is 0.424 e. The lowest BCUT2D eigenvalue weighted by molar-refractivity contribution is -0.274. The van der Waals surface area contributed by atoms with Crippen LogP contribution in [0.5, 0.6) is 0 Å². The number of carbonyl (C=O) groups excluding carboxylic acids is 1. The Labute approximate surface area is 164 Å². The van der Waals surface area contributed by atoms with Gasteiger partial charge >= 0.3 is 12.2 Å². The summed E-state index contributed by atoms with van der Waals surface area (Å²) in [5.74, 6) is 0.146. The molecule has 2 amide bonds. The molecule has 0 bridgehead atoms. The fourth-order valence-electron chi connectivity index (χ4n) is 2.95. The van der Waals surface area contributed by atoms with Crippen molar-refractivity contribution in [1.82, 2.24) is 10.6 Å². The van der Waals surface area contributed by atoms with E-state index in [0.717, 1.165) is 11.5 Å². The molecule has 6 nitrogen and oxygen atoms in total. The van der Waals surface area contributed by atoms with E-state index in [-0.39, 0.29) is 5.76 Å². The largest absolute Gasteiger partial charge is 0.463 e. The van der Waals surface area contributed by atoms with Crippen LogP contribution in [-0.4, -0.2) is 23.9 Å². The van der Waals surface area contributed by atoms with Crippen LogP contribution in [0.25, 0.3) is 11.0 Å². The van der Waals surface area contributed by atoms with Crippen LogP contribution in [0.1, 0.15) is 36.7 Å². The molecule has 3 aromatic rings. The van der Waals surface area contributed by atoms with Crippen molar-refractivity contribution in [2.75, 3.05) is 6.54 Å². The van der Waals surface area contributed by atoms with E-state index in [2.05, 4.69) is 10.6 Å². The first kappa shape index (κ1) is 20.8. The van der Waals surface area contributed by atoms with Crippen molar-refractivity contribution >= 4 is 17.0 Å². The lowest BCUT2D eigenvalue weighted by atomic mass is 9.96. The van der Waals surface area contributed by atoms with E-state index >= 15 is 0 Å². The van der Waals surface area contributed by atoms with Gasteiger partial charge in [-0.2, -0.15) is 13.2 Å². The molecule has 2 heterocycles. The minimum atomic E-state index is -4.96. The topological polar surface area (TPSA) is 87.6 Å². The molecule has 0 aliphatic heterocycles. The standard InChI is InChI=1S/C20H21F3N2O4/c1-12-7-8-17(28-12)19(27,20(21,22)23)9-10-24-18(26)25-13(2)16-11-14-5-3-4-6-15(14)29-16/h3-8,11,13,27H,9-10H2,1-2H3,(H2,24,25,26)/t13-,19-/m1/s1. The number of rotatable bonds is 6. The fourth-order valence-corrected chi connectivity index (χ4v) is 2.95. The Morgan fingerprint density at radius 3 is 2.52 bits per heavy atom. The molecule has 1 aromatic carbocycles. The van der Waals surface area contributed by atoms with Crippen LogP contribution in [0.3, 0.4) is 0 Å². The molecule has 2 aromatic heterocycles. The maximum atomic E-state index is 13.4. The number of hydrogen-bond acceptors (Lipinski definition) is 4. The number of halogens is 3. The van der Waals surface area contributed by atoms with Gasteiger partial charge < -0.3 is 24.6 Å². The van der Waals surface area contributed by atoms with Crippen LogP contribution in [0.4, 0.5) is 18.0 Å². The summed E-state index contributed by atoms with van der Waals surface area (Å²) in [4.78, 5) is 12.1. The van der Waals surface area contributed by atoms with Gasteiger partial charge in [0.05, 0.1) is 6.04 Å². The van der Waals surface area contributed by atoms with Gasteiger partial charge in [0, 0.05) is 18.4 Å². The van der Waals surface area contributed by atoms with Crippen molar-refractivity contribution in [2.45, 2.75) is 38.1 Å². The Hall–Kier alpha value is -2.94. The van der Waals surface area contributed by atoms with Gasteiger partial charge in [-0.15, -0.1) is 0 Å². The molecule has 2 atom stereocenters. The van der Waals surface area contributed by atoms with Crippen LogP contribution in [0.15, 0.2) is 51.3 Å². The van der Waals surface area contributed by atoms with E-state index in [1.807, 2.05) is 18.2 Å². The molecule has 3 rings (SSSR count). The highest BCUT2D eigenvalue weighted by molar-refractivity contribution is 5.78. The number of nitrogens with one attached hydrogen (secondary N) is 2. The zero-order chi connectivity index (χ0) is 21.2. The first-order chi connectivity index (χ1) is 13.6. The van der Waals surface area contributed by atoms with E-state index < -0.39 is 42.6 Å². The Kier molecular flexibility index (Phi) is 5.61. The fraction of sp³-hybridized carbons (Fsp3) is 0.350. The molecule has 0 fully saturated rings. The van der Waals surface area contributed by atoms with E-state index in [0.29, 0.717) is 11.3 Å². The summed E-state index contributed by atoms with van der Waals surface area (Å²) in [7, 11) is 0. The number of fused-ring (bicyclic) bond motifs is 1. The van der Waals surface area contributed by atoms with Crippen molar-refractivity contribution in [1.29, 1.82) is 0 Å². The van der Waals surface area contributed by atoms with Gasteiger partial charge in [0.2, 0.25) is 5.60 Å². The van der Waals surface area contributed by atoms with Gasteiger partial charge in [0.1, 0.15) is 22.9 Å². The maximum Gasteiger partial charge on any atom is 0.424 e. The summed E-state index contributed by atoms with van der Waals surface area (Å²) in [5.41, 5.74) is -2.53. The van der Waals surface area contributed by atoms with Crippen LogP contribution in [-0.2, 0) is 5.60 Å². The van der Waals surface area contributed by atoms with Crippen LogP contribution in [0, 0.1) is 6.92 Å². The molecule has 0 aliphatic carbocycles. The van der Waals surface area contributed by atoms with Crippen LogP contribution < -0.4 is 10.6 Å². The number of aryl methyl sites for hydroxylation is 1. The van der Waals surface area contributed by atoms with Gasteiger partial charge in [-0.1, -0.05) is 18.2 Å². The number of furan rings is 2. The molecule has 9 heteroatoms. The second kappa shape index (κ2) is 7.82. The van der Waals surface area contributed by atoms with Crippen molar-refractivity contribution in [2.24, 2.45) is 0 Å². The molecular weight excluding hydrogens is 389 g/mol. The summed E-state index contributed by atoms with van der Waals surface area (Å²) in [6.07, 6.45) is -5.76. The summed E-state index contributed by atoms with van der Waals surface area (Å²) in [5, 5.41) is 16.0. The van der Waals surface area contributed by atoms with Crippen molar-refractivity contribution < 1.29 is 31.9 Å². The van der Waals surface area contributed by atoms with Gasteiger partial charge in [-0.05, 0) is 38.1 Å². The molecule has 0 radical (unpaired) electrons. The van der Waals surface area contributed by atoms with E-state index in [1.165, 1.54) is 13.0 Å². The number of benzene rings is 1. The molecule has 0 saturated carbocycles. The molecule has 0 unspecified atom stereocenters. The van der Waals surface area contributed by atoms with E-state index in [9.17, 15) is 23.1 Å². The Morgan fingerprint density at radius 1 is 1.17 bits per heavy atom. The van der Waals surface area contributed by atoms with Crippen LogP contribution >= 0.6 is 0 Å². The third kappa shape index (κ3) is 4.40.